The Morgan fingerprint density at radius 2 is 1.96 bits per heavy atom. The SMILES string of the molecule is C=C(CC)n1cc([C@H](c2cccc3c(=O)n(C)ccc23)N(C(=O)OCOP(=O)(O)O)c2cc(Cl)c3ncc(C#N)c(NCC(C)(C)C)c3c2)nn1. The number of anilines is 2. The van der Waals surface area contributed by atoms with Crippen molar-refractivity contribution in [1.82, 2.24) is 24.5 Å². The summed E-state index contributed by atoms with van der Waals surface area (Å²) in [7, 11) is -3.42. The van der Waals surface area contributed by atoms with Crippen LogP contribution in [-0.2, 0) is 20.9 Å². The van der Waals surface area contributed by atoms with Crippen molar-refractivity contribution in [3.63, 3.8) is 0 Å². The molecule has 3 heterocycles. The highest BCUT2D eigenvalue weighted by Gasteiger charge is 2.35. The highest BCUT2D eigenvalue weighted by atomic mass is 35.5. The average Bonchev–Trinajstić information content (AvgIpc) is 3.56. The zero-order chi connectivity index (χ0) is 37.2. The number of nitriles is 1. The summed E-state index contributed by atoms with van der Waals surface area (Å²) < 4.78 is 24.2. The Morgan fingerprint density at radius 3 is 2.63 bits per heavy atom. The number of carbonyl (C=O) groups is 1. The van der Waals surface area contributed by atoms with Gasteiger partial charge in [-0.05, 0) is 47.1 Å². The number of phosphoric ester groups is 1. The van der Waals surface area contributed by atoms with Crippen LogP contribution in [0, 0.1) is 16.7 Å². The number of ether oxygens (including phenoxy) is 1. The average molecular weight is 735 g/mol. The number of carbonyl (C=O) groups excluding carboxylic acids is 1. The van der Waals surface area contributed by atoms with E-state index in [2.05, 4.69) is 37.8 Å². The molecule has 0 radical (unpaired) electrons. The molecular formula is C34H36ClN8O7P. The molecule has 5 rings (SSSR count). The molecule has 0 spiro atoms. The van der Waals surface area contributed by atoms with Crippen LogP contribution in [-0.4, -0.2) is 53.8 Å². The first-order valence-corrected chi connectivity index (χ1v) is 17.5. The van der Waals surface area contributed by atoms with Crippen molar-refractivity contribution >= 4 is 64.3 Å². The first-order chi connectivity index (χ1) is 24.0. The third-order valence-electron chi connectivity index (χ3n) is 7.94. The molecule has 15 nitrogen and oxygen atoms in total. The number of halogens is 1. The Bertz CT molecular complexity index is 2300. The van der Waals surface area contributed by atoms with E-state index in [0.717, 1.165) is 4.90 Å². The molecule has 1 amide bonds. The van der Waals surface area contributed by atoms with E-state index in [4.69, 9.17) is 16.3 Å². The lowest BCUT2D eigenvalue weighted by Crippen LogP contribution is -2.37. The van der Waals surface area contributed by atoms with Gasteiger partial charge < -0.3 is 24.4 Å². The van der Waals surface area contributed by atoms with Crippen molar-refractivity contribution in [2.45, 2.75) is 40.2 Å². The number of nitrogens with one attached hydrogen (secondary N) is 1. The van der Waals surface area contributed by atoms with Gasteiger partial charge in [0, 0.05) is 42.5 Å². The van der Waals surface area contributed by atoms with Gasteiger partial charge in [0.15, 0.2) is 0 Å². The third-order valence-corrected chi connectivity index (χ3v) is 8.67. The summed E-state index contributed by atoms with van der Waals surface area (Å²) in [5.74, 6) is 0. The first-order valence-electron chi connectivity index (χ1n) is 15.6. The van der Waals surface area contributed by atoms with Gasteiger partial charge >= 0.3 is 13.9 Å². The standard InChI is InChI=1S/C34H36ClN8O7P/c1-7-20(2)42-17-28(39-40-42)31(24-9-8-10-25-23(24)11-12-41(6)32(25)44)43(33(45)49-19-50-51(46,47)48)22-13-26-29(38-18-34(3,4)5)21(15-36)16-37-30(26)27(35)14-22/h8-14,16-17,31H,2,7,18-19H2,1,3-6H3,(H,37,38)(H2,46,47,48)/t31-/m0/s1. The molecule has 51 heavy (non-hydrogen) atoms. The number of aromatic nitrogens is 5. The molecule has 5 aromatic rings. The number of aryl methyl sites for hydroxylation is 1. The van der Waals surface area contributed by atoms with E-state index in [1.54, 1.807) is 49.8 Å². The van der Waals surface area contributed by atoms with Gasteiger partial charge in [-0.25, -0.2) is 18.6 Å². The number of rotatable bonds is 11. The minimum Gasteiger partial charge on any atom is -0.421 e. The molecule has 0 unspecified atom stereocenters. The van der Waals surface area contributed by atoms with Crippen LogP contribution >= 0.6 is 19.4 Å². The summed E-state index contributed by atoms with van der Waals surface area (Å²) in [6, 6.07) is 10.8. The van der Waals surface area contributed by atoms with E-state index < -0.39 is 26.8 Å². The molecule has 3 N–H and O–H groups in total. The highest BCUT2D eigenvalue weighted by Crippen LogP contribution is 2.41. The quantitative estimate of drug-likeness (QED) is 0.101. The maximum absolute atomic E-state index is 14.3. The van der Waals surface area contributed by atoms with Crippen LogP contribution in [0.3, 0.4) is 0 Å². The number of amides is 1. The molecule has 1 atom stereocenters. The fourth-order valence-corrected chi connectivity index (χ4v) is 5.83. The van der Waals surface area contributed by atoms with E-state index >= 15 is 0 Å². The van der Waals surface area contributed by atoms with Crippen molar-refractivity contribution in [2.75, 3.05) is 23.6 Å². The maximum atomic E-state index is 14.3. The summed E-state index contributed by atoms with van der Waals surface area (Å²) >= 11 is 6.86. The molecule has 0 fully saturated rings. The Balaban J connectivity index is 1.83. The number of pyridine rings is 2. The Morgan fingerprint density at radius 1 is 1.22 bits per heavy atom. The van der Waals surface area contributed by atoms with Crippen LogP contribution in [0.4, 0.5) is 16.2 Å². The Hall–Kier alpha value is -5.10. The molecule has 0 bridgehead atoms. The second-order valence-electron chi connectivity index (χ2n) is 12.9. The maximum Gasteiger partial charge on any atom is 0.472 e. The van der Waals surface area contributed by atoms with Crippen LogP contribution in [0.15, 0.2) is 66.4 Å². The lowest BCUT2D eigenvalue weighted by molar-refractivity contribution is 0.0427. The molecule has 2 aromatic carbocycles. The number of allylic oxidation sites excluding steroid dienone is 1. The zero-order valence-corrected chi connectivity index (χ0v) is 30.1. The van der Waals surface area contributed by atoms with Gasteiger partial charge in [0.25, 0.3) is 5.56 Å². The predicted octanol–water partition coefficient (Wildman–Crippen LogP) is 6.34. The molecule has 0 aliphatic carbocycles. The lowest BCUT2D eigenvalue weighted by atomic mass is 9.95. The topological polar surface area (TPSA) is 198 Å². The number of hydrogen-bond donors (Lipinski definition) is 3. The second-order valence-corrected chi connectivity index (χ2v) is 14.5. The largest absolute Gasteiger partial charge is 0.472 e. The summed E-state index contributed by atoms with van der Waals surface area (Å²) in [5, 5.41) is 23.3. The van der Waals surface area contributed by atoms with Crippen LogP contribution in [0.2, 0.25) is 5.02 Å². The van der Waals surface area contributed by atoms with Crippen molar-refractivity contribution in [3.05, 3.63) is 93.8 Å². The molecular weight excluding hydrogens is 699 g/mol. The monoisotopic (exact) mass is 734 g/mol. The van der Waals surface area contributed by atoms with E-state index in [9.17, 15) is 29.2 Å². The minimum absolute atomic E-state index is 0.114. The summed E-state index contributed by atoms with van der Waals surface area (Å²) in [6.07, 6.45) is 3.98. The van der Waals surface area contributed by atoms with Gasteiger partial charge in [-0.2, -0.15) is 5.26 Å². The van der Waals surface area contributed by atoms with E-state index in [1.165, 1.54) is 21.5 Å². The molecule has 0 saturated carbocycles. The van der Waals surface area contributed by atoms with Crippen LogP contribution in [0.5, 0.6) is 0 Å². The van der Waals surface area contributed by atoms with Crippen LogP contribution in [0.25, 0.3) is 27.4 Å². The van der Waals surface area contributed by atoms with Crippen LogP contribution < -0.4 is 15.8 Å². The predicted molar refractivity (Wildman–Crippen MR) is 193 cm³/mol. The lowest BCUT2D eigenvalue weighted by Gasteiger charge is -2.31. The van der Waals surface area contributed by atoms with E-state index in [1.807, 2.05) is 27.7 Å². The number of phosphoric acid groups is 1. The first kappa shape index (κ1) is 37.2. The molecule has 17 heteroatoms. The smallest absolute Gasteiger partial charge is 0.421 e. The van der Waals surface area contributed by atoms with Crippen molar-refractivity contribution in [1.29, 1.82) is 5.26 Å². The summed E-state index contributed by atoms with van der Waals surface area (Å²) in [5.41, 5.74) is 1.88. The molecule has 0 aliphatic rings. The Kier molecular flexibility index (Phi) is 10.7. The van der Waals surface area contributed by atoms with Gasteiger partial charge in [0.2, 0.25) is 6.79 Å². The summed E-state index contributed by atoms with van der Waals surface area (Å²) in [6.45, 7) is 11.3. The normalized spacial score (nSPS) is 12.5. The fraction of sp³-hybridized carbons (Fsp3) is 0.294. The van der Waals surface area contributed by atoms with Gasteiger partial charge in [0.05, 0.1) is 33.7 Å². The van der Waals surface area contributed by atoms with Gasteiger partial charge in [-0.1, -0.05) is 63.2 Å². The van der Waals surface area contributed by atoms with Crippen molar-refractivity contribution < 1.29 is 28.4 Å². The number of fused-ring (bicyclic) bond motifs is 2. The van der Waals surface area contributed by atoms with Gasteiger partial charge in [-0.15, -0.1) is 5.10 Å². The number of nitrogens with zero attached hydrogens (tertiary/aromatic N) is 7. The highest BCUT2D eigenvalue weighted by molar-refractivity contribution is 7.46. The second kappa shape index (κ2) is 14.6. The van der Waals surface area contributed by atoms with Gasteiger partial charge in [0.1, 0.15) is 17.8 Å². The van der Waals surface area contributed by atoms with Crippen molar-refractivity contribution in [3.8, 4) is 6.07 Å². The summed E-state index contributed by atoms with van der Waals surface area (Å²) in [4.78, 5) is 51.8. The third kappa shape index (κ3) is 8.12. The van der Waals surface area contributed by atoms with Crippen LogP contribution in [0.1, 0.15) is 57.0 Å². The van der Waals surface area contributed by atoms with Gasteiger partial charge in [-0.3, -0.25) is 14.7 Å². The van der Waals surface area contributed by atoms with Crippen molar-refractivity contribution in [2.24, 2.45) is 12.5 Å². The van der Waals surface area contributed by atoms with E-state index in [-0.39, 0.29) is 32.9 Å². The molecule has 0 aliphatic heterocycles. The Labute approximate surface area is 297 Å². The molecule has 3 aromatic heterocycles. The van der Waals surface area contributed by atoms with E-state index in [0.29, 0.717) is 51.6 Å². The molecule has 0 saturated heterocycles. The fourth-order valence-electron chi connectivity index (χ4n) is 5.38. The number of benzene rings is 2. The number of hydrogen-bond acceptors (Lipinski definition) is 10. The minimum atomic E-state index is -5.03. The molecule has 266 valence electrons. The zero-order valence-electron chi connectivity index (χ0n) is 28.5.